The molecular formula is C34H38FN7O. The minimum Gasteiger partial charge on any atom is -0.337 e. The van der Waals surface area contributed by atoms with Gasteiger partial charge in [-0.05, 0) is 65.4 Å². The summed E-state index contributed by atoms with van der Waals surface area (Å²) in [5.74, 6) is 1.05. The summed E-state index contributed by atoms with van der Waals surface area (Å²) in [5, 5.41) is 14.6. The molecule has 0 atom stereocenters. The molecule has 9 heteroatoms. The van der Waals surface area contributed by atoms with Gasteiger partial charge in [0.2, 0.25) is 5.82 Å². The Labute approximate surface area is 252 Å². The van der Waals surface area contributed by atoms with Gasteiger partial charge in [-0.2, -0.15) is 5.21 Å². The summed E-state index contributed by atoms with van der Waals surface area (Å²) in [6.07, 6.45) is 4.43. The van der Waals surface area contributed by atoms with E-state index in [4.69, 9.17) is 4.98 Å². The highest BCUT2D eigenvalue weighted by Crippen LogP contribution is 2.31. The first-order valence-electron chi connectivity index (χ1n) is 15.1. The zero-order valence-corrected chi connectivity index (χ0v) is 25.1. The average Bonchev–Trinajstić information content (AvgIpc) is 3.69. The van der Waals surface area contributed by atoms with Gasteiger partial charge in [-0.25, -0.2) is 9.37 Å². The molecular weight excluding hydrogens is 541 g/mol. The van der Waals surface area contributed by atoms with Crippen molar-refractivity contribution in [2.75, 3.05) is 13.1 Å². The molecule has 2 heterocycles. The molecule has 0 unspecified atom stereocenters. The molecule has 0 aliphatic heterocycles. The SMILES string of the molecule is CCCCc1nc(-c2ccc(F)cc2)c(C(=O)N(CCC)CCC)n1Cc1ccc(-c2ccccc2-c2nn[nH]n2)cc1. The number of rotatable bonds is 13. The standard InChI is InChI=1S/C34H38FN7O/c1-4-7-12-30-36-31(26-17-19-27(35)20-18-26)32(34(43)41(21-5-2)22-6-3)42(30)23-24-13-15-25(16-14-24)28-10-8-9-11-29(28)33-37-39-40-38-33/h8-11,13-20H,4-7,12,21-23H2,1-3H3,(H,37,38,39,40). The average molecular weight is 580 g/mol. The van der Waals surface area contributed by atoms with Gasteiger partial charge in [-0.3, -0.25) is 4.79 Å². The van der Waals surface area contributed by atoms with E-state index in [1.807, 2.05) is 29.2 Å². The molecule has 5 rings (SSSR count). The first-order chi connectivity index (χ1) is 21.0. The highest BCUT2D eigenvalue weighted by atomic mass is 19.1. The topological polar surface area (TPSA) is 92.6 Å². The van der Waals surface area contributed by atoms with Gasteiger partial charge < -0.3 is 9.47 Å². The molecule has 1 amide bonds. The van der Waals surface area contributed by atoms with Crippen LogP contribution in [0.15, 0.2) is 72.8 Å². The van der Waals surface area contributed by atoms with E-state index in [9.17, 15) is 9.18 Å². The van der Waals surface area contributed by atoms with E-state index >= 15 is 0 Å². The molecule has 222 valence electrons. The third kappa shape index (κ3) is 6.71. The van der Waals surface area contributed by atoms with Gasteiger partial charge in [0.25, 0.3) is 5.91 Å². The van der Waals surface area contributed by atoms with E-state index in [0.29, 0.717) is 36.8 Å². The molecule has 0 radical (unpaired) electrons. The lowest BCUT2D eigenvalue weighted by atomic mass is 9.98. The van der Waals surface area contributed by atoms with Crippen molar-refractivity contribution in [3.05, 3.63) is 95.7 Å². The van der Waals surface area contributed by atoms with Gasteiger partial charge in [-0.1, -0.05) is 75.7 Å². The predicted molar refractivity (Wildman–Crippen MR) is 167 cm³/mol. The van der Waals surface area contributed by atoms with Crippen molar-refractivity contribution in [3.8, 4) is 33.8 Å². The summed E-state index contributed by atoms with van der Waals surface area (Å²) < 4.78 is 16.0. The molecule has 0 aliphatic carbocycles. The van der Waals surface area contributed by atoms with Gasteiger partial charge in [0.15, 0.2) is 0 Å². The zero-order valence-electron chi connectivity index (χ0n) is 25.1. The number of aromatic amines is 1. The summed E-state index contributed by atoms with van der Waals surface area (Å²) in [5.41, 5.74) is 5.89. The van der Waals surface area contributed by atoms with Crippen molar-refractivity contribution in [2.45, 2.75) is 59.4 Å². The Morgan fingerprint density at radius 1 is 0.860 bits per heavy atom. The second kappa shape index (κ2) is 14.0. The van der Waals surface area contributed by atoms with Crippen LogP contribution < -0.4 is 0 Å². The lowest BCUT2D eigenvalue weighted by Gasteiger charge is -2.23. The second-order valence-corrected chi connectivity index (χ2v) is 10.7. The Hall–Kier alpha value is -4.66. The number of tetrazole rings is 1. The van der Waals surface area contributed by atoms with Crippen molar-refractivity contribution >= 4 is 5.91 Å². The number of H-pyrrole nitrogens is 1. The Morgan fingerprint density at radius 2 is 1.53 bits per heavy atom. The molecule has 1 N–H and O–H groups in total. The van der Waals surface area contributed by atoms with Crippen LogP contribution in [0.4, 0.5) is 4.39 Å². The van der Waals surface area contributed by atoms with E-state index in [-0.39, 0.29) is 11.7 Å². The molecule has 0 saturated heterocycles. The Kier molecular flexibility index (Phi) is 9.71. The van der Waals surface area contributed by atoms with Gasteiger partial charge >= 0.3 is 0 Å². The maximum atomic E-state index is 14.2. The summed E-state index contributed by atoms with van der Waals surface area (Å²) >= 11 is 0. The van der Waals surface area contributed by atoms with Crippen LogP contribution in [-0.2, 0) is 13.0 Å². The molecule has 43 heavy (non-hydrogen) atoms. The molecule has 8 nitrogen and oxygen atoms in total. The van der Waals surface area contributed by atoms with E-state index in [0.717, 1.165) is 65.7 Å². The quantitative estimate of drug-likeness (QED) is 0.159. The minimum absolute atomic E-state index is 0.0380. The Balaban J connectivity index is 1.57. The maximum absolute atomic E-state index is 14.2. The fraction of sp³-hybridized carbons (Fsp3) is 0.324. The zero-order chi connectivity index (χ0) is 30.2. The first kappa shape index (κ1) is 29.8. The second-order valence-electron chi connectivity index (χ2n) is 10.7. The molecule has 0 aliphatic rings. The smallest absolute Gasteiger partial charge is 0.272 e. The number of aromatic nitrogens is 6. The fourth-order valence-electron chi connectivity index (χ4n) is 5.40. The highest BCUT2D eigenvalue weighted by molar-refractivity contribution is 5.98. The van der Waals surface area contributed by atoms with Crippen molar-refractivity contribution in [2.24, 2.45) is 0 Å². The van der Waals surface area contributed by atoms with Crippen LogP contribution >= 0.6 is 0 Å². The predicted octanol–water partition coefficient (Wildman–Crippen LogP) is 7.19. The molecule has 0 fully saturated rings. The lowest BCUT2D eigenvalue weighted by Crippen LogP contribution is -2.34. The molecule has 3 aromatic carbocycles. The van der Waals surface area contributed by atoms with Crippen LogP contribution in [-0.4, -0.2) is 54.1 Å². The van der Waals surface area contributed by atoms with Gasteiger partial charge in [0.1, 0.15) is 23.0 Å². The number of hydrogen-bond acceptors (Lipinski definition) is 5. The van der Waals surface area contributed by atoms with E-state index in [1.165, 1.54) is 12.1 Å². The normalized spacial score (nSPS) is 11.2. The van der Waals surface area contributed by atoms with Crippen molar-refractivity contribution < 1.29 is 9.18 Å². The summed E-state index contributed by atoms with van der Waals surface area (Å²) in [7, 11) is 0. The third-order valence-corrected chi connectivity index (χ3v) is 7.51. The molecule has 0 spiro atoms. The summed E-state index contributed by atoms with van der Waals surface area (Å²) in [4.78, 5) is 21.2. The number of aryl methyl sites for hydroxylation is 1. The van der Waals surface area contributed by atoms with Gasteiger partial charge in [-0.15, -0.1) is 10.2 Å². The van der Waals surface area contributed by atoms with E-state index in [2.05, 4.69) is 70.2 Å². The number of imidazole rings is 1. The largest absolute Gasteiger partial charge is 0.337 e. The molecule has 2 aromatic heterocycles. The first-order valence-corrected chi connectivity index (χ1v) is 15.1. The highest BCUT2D eigenvalue weighted by Gasteiger charge is 2.27. The van der Waals surface area contributed by atoms with Crippen molar-refractivity contribution in [1.29, 1.82) is 0 Å². The van der Waals surface area contributed by atoms with E-state index in [1.54, 1.807) is 12.1 Å². The van der Waals surface area contributed by atoms with Gasteiger partial charge in [0, 0.05) is 37.2 Å². The van der Waals surface area contributed by atoms with Crippen molar-refractivity contribution in [1.82, 2.24) is 35.1 Å². The molecule has 0 bridgehead atoms. The Morgan fingerprint density at radius 3 is 2.16 bits per heavy atom. The number of amides is 1. The lowest BCUT2D eigenvalue weighted by molar-refractivity contribution is 0.0745. The van der Waals surface area contributed by atoms with Gasteiger partial charge in [0.05, 0.1) is 0 Å². The van der Waals surface area contributed by atoms with Crippen LogP contribution in [0.2, 0.25) is 0 Å². The monoisotopic (exact) mass is 579 g/mol. The number of hydrogen-bond donors (Lipinski definition) is 1. The fourth-order valence-corrected chi connectivity index (χ4v) is 5.40. The van der Waals surface area contributed by atoms with Crippen LogP contribution in [0.25, 0.3) is 33.8 Å². The van der Waals surface area contributed by atoms with Crippen LogP contribution in [0.3, 0.4) is 0 Å². The minimum atomic E-state index is -0.318. The third-order valence-electron chi connectivity index (χ3n) is 7.51. The summed E-state index contributed by atoms with van der Waals surface area (Å²) in [6.45, 7) is 8.14. The number of benzene rings is 3. The number of carbonyl (C=O) groups is 1. The van der Waals surface area contributed by atoms with Crippen LogP contribution in [0.1, 0.15) is 68.3 Å². The molecule has 5 aromatic rings. The number of nitrogens with one attached hydrogen (secondary N) is 1. The maximum Gasteiger partial charge on any atom is 0.272 e. The van der Waals surface area contributed by atoms with Crippen LogP contribution in [0, 0.1) is 5.82 Å². The Bertz CT molecular complexity index is 1620. The number of carbonyl (C=O) groups excluding carboxylic acids is 1. The number of nitrogens with zero attached hydrogens (tertiary/aromatic N) is 6. The number of unbranched alkanes of at least 4 members (excludes halogenated alkanes) is 1. The number of halogens is 1. The van der Waals surface area contributed by atoms with Crippen LogP contribution in [0.5, 0.6) is 0 Å². The molecule has 0 saturated carbocycles. The van der Waals surface area contributed by atoms with E-state index < -0.39 is 0 Å². The summed E-state index contributed by atoms with van der Waals surface area (Å²) in [6, 6.07) is 22.6. The van der Waals surface area contributed by atoms with Crippen molar-refractivity contribution in [3.63, 3.8) is 0 Å².